The van der Waals surface area contributed by atoms with Crippen LogP contribution in [-0.2, 0) is 12.8 Å². The summed E-state index contributed by atoms with van der Waals surface area (Å²) in [5, 5.41) is 9.26. The van der Waals surface area contributed by atoms with Crippen molar-refractivity contribution in [1.29, 1.82) is 0 Å². The molecule has 0 aliphatic carbocycles. The number of para-hydroxylation sites is 1. The number of nitrogens with zero attached hydrogens (tertiary/aromatic N) is 1. The number of aromatic carboxylic acids is 1. The van der Waals surface area contributed by atoms with E-state index in [4.69, 9.17) is 4.74 Å². The molecule has 4 nitrogen and oxygen atoms in total. The lowest BCUT2D eigenvalue weighted by Gasteiger charge is -2.14. The van der Waals surface area contributed by atoms with Gasteiger partial charge in [0.2, 0.25) is 0 Å². The van der Waals surface area contributed by atoms with Gasteiger partial charge in [0, 0.05) is 6.54 Å². The molecular weight excluding hydrogens is 290 g/mol. The average Bonchev–Trinajstić information content (AvgIpc) is 2.54. The highest BCUT2D eigenvalue weighted by Crippen LogP contribution is 2.21. The van der Waals surface area contributed by atoms with Gasteiger partial charge in [0.05, 0.1) is 5.56 Å². The van der Waals surface area contributed by atoms with Crippen molar-refractivity contribution in [2.75, 3.05) is 27.2 Å². The number of carbonyl (C=O) groups is 1. The maximum atomic E-state index is 11.3. The summed E-state index contributed by atoms with van der Waals surface area (Å²) in [7, 11) is 4.02. The van der Waals surface area contributed by atoms with Gasteiger partial charge in [0.15, 0.2) is 0 Å². The van der Waals surface area contributed by atoms with E-state index in [-0.39, 0.29) is 0 Å². The third-order valence-corrected chi connectivity index (χ3v) is 3.68. The van der Waals surface area contributed by atoms with Crippen LogP contribution in [0.25, 0.3) is 0 Å². The van der Waals surface area contributed by atoms with Crippen LogP contribution in [0.4, 0.5) is 0 Å². The molecule has 23 heavy (non-hydrogen) atoms. The van der Waals surface area contributed by atoms with E-state index in [9.17, 15) is 9.90 Å². The minimum absolute atomic E-state index is 0.374. The van der Waals surface area contributed by atoms with Gasteiger partial charge in [-0.2, -0.15) is 0 Å². The Balaban J connectivity index is 2.05. The number of ether oxygens (including phenoxy) is 1. The van der Waals surface area contributed by atoms with Crippen LogP contribution >= 0.6 is 0 Å². The van der Waals surface area contributed by atoms with E-state index in [2.05, 4.69) is 4.90 Å². The highest BCUT2D eigenvalue weighted by molar-refractivity contribution is 5.89. The van der Waals surface area contributed by atoms with Crippen molar-refractivity contribution in [2.24, 2.45) is 0 Å². The summed E-state index contributed by atoms with van der Waals surface area (Å²) in [6.07, 6.45) is 1.43. The molecule has 0 saturated carbocycles. The number of benzene rings is 2. The van der Waals surface area contributed by atoms with E-state index >= 15 is 0 Å². The first-order chi connectivity index (χ1) is 11.1. The molecule has 0 unspecified atom stereocenters. The van der Waals surface area contributed by atoms with Gasteiger partial charge in [-0.25, -0.2) is 4.79 Å². The van der Waals surface area contributed by atoms with Crippen LogP contribution in [0.15, 0.2) is 48.5 Å². The highest BCUT2D eigenvalue weighted by atomic mass is 16.5. The predicted molar refractivity (Wildman–Crippen MR) is 91.3 cm³/mol. The Kier molecular flexibility index (Phi) is 6.18. The molecule has 0 fully saturated rings. The molecule has 0 aliphatic heterocycles. The van der Waals surface area contributed by atoms with Gasteiger partial charge >= 0.3 is 5.97 Å². The molecule has 0 atom stereocenters. The van der Waals surface area contributed by atoms with E-state index in [0.29, 0.717) is 18.6 Å². The number of hydrogen-bond donors (Lipinski definition) is 1. The van der Waals surface area contributed by atoms with Crippen molar-refractivity contribution >= 4 is 5.97 Å². The fourth-order valence-electron chi connectivity index (χ4n) is 2.41. The molecule has 0 radical (unpaired) electrons. The molecule has 2 aromatic rings. The first-order valence-electron chi connectivity index (χ1n) is 7.74. The molecule has 4 heteroatoms. The SMILES string of the molecule is CN(C)CCOc1ccccc1CCc1ccccc1C(=O)O. The zero-order valence-electron chi connectivity index (χ0n) is 13.7. The molecule has 2 rings (SSSR count). The van der Waals surface area contributed by atoms with E-state index in [1.807, 2.05) is 50.5 Å². The summed E-state index contributed by atoms with van der Waals surface area (Å²) in [6.45, 7) is 1.49. The van der Waals surface area contributed by atoms with Crippen molar-refractivity contribution in [3.05, 3.63) is 65.2 Å². The summed E-state index contributed by atoms with van der Waals surface area (Å²) in [5.41, 5.74) is 2.33. The van der Waals surface area contributed by atoms with Crippen LogP contribution in [0, 0.1) is 0 Å². The zero-order valence-corrected chi connectivity index (χ0v) is 13.7. The Morgan fingerprint density at radius 3 is 2.30 bits per heavy atom. The van der Waals surface area contributed by atoms with E-state index in [1.54, 1.807) is 12.1 Å². The predicted octanol–water partition coefficient (Wildman–Crippen LogP) is 3.11. The molecule has 122 valence electrons. The number of hydrogen-bond acceptors (Lipinski definition) is 3. The van der Waals surface area contributed by atoms with Crippen LogP contribution in [0.5, 0.6) is 5.75 Å². The maximum absolute atomic E-state index is 11.3. The lowest BCUT2D eigenvalue weighted by molar-refractivity contribution is 0.0695. The summed E-state index contributed by atoms with van der Waals surface area (Å²) in [5.74, 6) is -0.00160. The van der Waals surface area contributed by atoms with E-state index in [1.165, 1.54) is 0 Å². The minimum atomic E-state index is -0.879. The van der Waals surface area contributed by atoms with E-state index in [0.717, 1.165) is 29.8 Å². The third kappa shape index (κ3) is 5.11. The summed E-state index contributed by atoms with van der Waals surface area (Å²) < 4.78 is 5.86. The molecule has 1 N–H and O–H groups in total. The van der Waals surface area contributed by atoms with Crippen LogP contribution in [0.3, 0.4) is 0 Å². The standard InChI is InChI=1S/C19H23NO3/c1-20(2)13-14-23-18-10-6-4-8-16(18)12-11-15-7-3-5-9-17(15)19(21)22/h3-10H,11-14H2,1-2H3,(H,21,22). The lowest BCUT2D eigenvalue weighted by atomic mass is 9.99. The van der Waals surface area contributed by atoms with Crippen LogP contribution < -0.4 is 4.74 Å². The molecule has 2 aromatic carbocycles. The third-order valence-electron chi connectivity index (χ3n) is 3.68. The van der Waals surface area contributed by atoms with Gasteiger partial charge in [-0.15, -0.1) is 0 Å². The minimum Gasteiger partial charge on any atom is -0.492 e. The lowest BCUT2D eigenvalue weighted by Crippen LogP contribution is -2.19. The molecule has 0 spiro atoms. The molecule has 0 saturated heterocycles. The number of aryl methyl sites for hydroxylation is 2. The monoisotopic (exact) mass is 313 g/mol. The zero-order chi connectivity index (χ0) is 16.7. The van der Waals surface area contributed by atoms with Gasteiger partial charge in [-0.1, -0.05) is 36.4 Å². The largest absolute Gasteiger partial charge is 0.492 e. The molecular formula is C19H23NO3. The topological polar surface area (TPSA) is 49.8 Å². The van der Waals surface area contributed by atoms with Gasteiger partial charge < -0.3 is 14.7 Å². The summed E-state index contributed by atoms with van der Waals surface area (Å²) in [4.78, 5) is 13.4. The smallest absolute Gasteiger partial charge is 0.335 e. The second kappa shape index (κ2) is 8.34. The van der Waals surface area contributed by atoms with Gasteiger partial charge in [-0.05, 0) is 50.2 Å². The summed E-state index contributed by atoms with van der Waals surface area (Å²) >= 11 is 0. The molecule has 0 aromatic heterocycles. The second-order valence-electron chi connectivity index (χ2n) is 5.72. The second-order valence-corrected chi connectivity index (χ2v) is 5.72. The number of carboxylic acids is 1. The van der Waals surface area contributed by atoms with Crippen LogP contribution in [0.1, 0.15) is 21.5 Å². The Hall–Kier alpha value is -2.33. The van der Waals surface area contributed by atoms with Gasteiger partial charge in [0.25, 0.3) is 0 Å². The number of likely N-dealkylation sites (N-methyl/N-ethyl adjacent to an activating group) is 1. The van der Waals surface area contributed by atoms with Gasteiger partial charge in [0.1, 0.15) is 12.4 Å². The van der Waals surface area contributed by atoms with Crippen molar-refractivity contribution in [2.45, 2.75) is 12.8 Å². The molecule has 0 aliphatic rings. The van der Waals surface area contributed by atoms with Crippen molar-refractivity contribution in [3.8, 4) is 5.75 Å². The first-order valence-corrected chi connectivity index (χ1v) is 7.74. The Labute approximate surface area is 137 Å². The van der Waals surface area contributed by atoms with Gasteiger partial charge in [-0.3, -0.25) is 0 Å². The van der Waals surface area contributed by atoms with Crippen molar-refractivity contribution in [1.82, 2.24) is 4.90 Å². The van der Waals surface area contributed by atoms with Crippen molar-refractivity contribution in [3.63, 3.8) is 0 Å². The molecule has 0 amide bonds. The number of carboxylic acid groups (broad SMARTS) is 1. The maximum Gasteiger partial charge on any atom is 0.335 e. The van der Waals surface area contributed by atoms with E-state index < -0.39 is 5.97 Å². The Bertz CT molecular complexity index is 653. The highest BCUT2D eigenvalue weighted by Gasteiger charge is 2.10. The summed E-state index contributed by atoms with van der Waals surface area (Å²) in [6, 6.07) is 15.1. The Morgan fingerprint density at radius 1 is 1.00 bits per heavy atom. The Morgan fingerprint density at radius 2 is 1.61 bits per heavy atom. The van der Waals surface area contributed by atoms with Crippen LogP contribution in [0.2, 0.25) is 0 Å². The first kappa shape index (κ1) is 17.0. The quantitative estimate of drug-likeness (QED) is 0.813. The average molecular weight is 313 g/mol. The fraction of sp³-hybridized carbons (Fsp3) is 0.316. The van der Waals surface area contributed by atoms with Crippen LogP contribution in [-0.4, -0.2) is 43.2 Å². The molecule has 0 heterocycles. The fourth-order valence-corrected chi connectivity index (χ4v) is 2.41. The van der Waals surface area contributed by atoms with Crippen molar-refractivity contribution < 1.29 is 14.6 Å². The molecule has 0 bridgehead atoms. The number of rotatable bonds is 8. The normalized spacial score (nSPS) is 10.7.